The maximum Gasteiger partial charge on any atom is 0.295 e. The predicted octanol–water partition coefficient (Wildman–Crippen LogP) is 3.95. The molecule has 0 unspecified atom stereocenters. The third kappa shape index (κ3) is 4.82. The van der Waals surface area contributed by atoms with Crippen molar-refractivity contribution < 1.29 is 25.9 Å². The third-order valence-electron chi connectivity index (χ3n) is 3.13. The van der Waals surface area contributed by atoms with Gasteiger partial charge in [0, 0.05) is 15.6 Å². The second-order valence-corrected chi connectivity index (χ2v) is 8.09. The predicted molar refractivity (Wildman–Crippen MR) is 95.3 cm³/mol. The minimum absolute atomic E-state index is 0.000581. The summed E-state index contributed by atoms with van der Waals surface area (Å²) >= 11 is 5.72. The highest BCUT2D eigenvalue weighted by atomic mass is 35.5. The molecule has 0 amide bonds. The van der Waals surface area contributed by atoms with E-state index in [4.69, 9.17) is 17.1 Å². The molecule has 0 fully saturated rings. The van der Waals surface area contributed by atoms with E-state index in [0.29, 0.717) is 0 Å². The van der Waals surface area contributed by atoms with Crippen molar-refractivity contribution >= 4 is 49.7 Å². The average molecular weight is 416 g/mol. The molecule has 2 rings (SSSR count). The first-order valence-electron chi connectivity index (χ1n) is 6.64. The van der Waals surface area contributed by atoms with Gasteiger partial charge in [-0.15, -0.1) is 0 Å². The fourth-order valence-corrected chi connectivity index (χ4v) is 3.70. The lowest BCUT2D eigenvalue weighted by Gasteiger charge is -2.06. The molecule has 2 N–H and O–H groups in total. The van der Waals surface area contributed by atoms with Crippen molar-refractivity contribution in [3.63, 3.8) is 0 Å². The first kappa shape index (κ1) is 19.9. The highest BCUT2D eigenvalue weighted by Gasteiger charge is 2.17. The van der Waals surface area contributed by atoms with Crippen LogP contribution in [-0.2, 0) is 20.2 Å². The van der Waals surface area contributed by atoms with Crippen LogP contribution in [-0.4, -0.2) is 25.9 Å². The SMILES string of the molecule is [N-]=[N+]=Nc1ccc(C=Cc2ccc(Cl)cc2S(=O)(=O)O)c(S(=O)(=O)O)c1. The molecule has 9 nitrogen and oxygen atoms in total. The number of hydrogen-bond acceptors (Lipinski definition) is 5. The van der Waals surface area contributed by atoms with Gasteiger partial charge < -0.3 is 0 Å². The van der Waals surface area contributed by atoms with Gasteiger partial charge in [-0.3, -0.25) is 9.11 Å². The second-order valence-electron chi connectivity index (χ2n) is 4.88. The second kappa shape index (κ2) is 7.46. The van der Waals surface area contributed by atoms with Crippen molar-refractivity contribution in [2.24, 2.45) is 5.11 Å². The molecular formula is C14H10ClN3O6S2. The van der Waals surface area contributed by atoms with Crippen LogP contribution in [0.5, 0.6) is 0 Å². The summed E-state index contributed by atoms with van der Waals surface area (Å²) in [5.74, 6) is 0. The zero-order valence-corrected chi connectivity index (χ0v) is 15.1. The van der Waals surface area contributed by atoms with E-state index < -0.39 is 30.0 Å². The molecular weight excluding hydrogens is 406 g/mol. The van der Waals surface area contributed by atoms with Gasteiger partial charge in [-0.25, -0.2) is 0 Å². The van der Waals surface area contributed by atoms with Crippen LogP contribution in [0.4, 0.5) is 5.69 Å². The molecule has 12 heteroatoms. The van der Waals surface area contributed by atoms with E-state index in [9.17, 15) is 25.9 Å². The van der Waals surface area contributed by atoms with Crippen molar-refractivity contribution in [2.45, 2.75) is 9.79 Å². The summed E-state index contributed by atoms with van der Waals surface area (Å²) in [7, 11) is -9.22. The van der Waals surface area contributed by atoms with Gasteiger partial charge in [0.05, 0.1) is 0 Å². The smallest absolute Gasteiger partial charge is 0.282 e. The van der Waals surface area contributed by atoms with Gasteiger partial charge in [0.15, 0.2) is 0 Å². The molecule has 0 aliphatic heterocycles. The van der Waals surface area contributed by atoms with Gasteiger partial charge in [-0.1, -0.05) is 47.1 Å². The molecule has 26 heavy (non-hydrogen) atoms. The van der Waals surface area contributed by atoms with Crippen LogP contribution in [0.1, 0.15) is 11.1 Å². The number of benzene rings is 2. The van der Waals surface area contributed by atoms with E-state index in [2.05, 4.69) is 10.0 Å². The minimum Gasteiger partial charge on any atom is -0.282 e. The maximum atomic E-state index is 11.5. The van der Waals surface area contributed by atoms with Crippen LogP contribution < -0.4 is 0 Å². The van der Waals surface area contributed by atoms with Crippen LogP contribution in [0.15, 0.2) is 51.3 Å². The zero-order chi connectivity index (χ0) is 19.5. The Bertz CT molecular complexity index is 1150. The van der Waals surface area contributed by atoms with Gasteiger partial charge in [-0.05, 0) is 34.9 Å². The van der Waals surface area contributed by atoms with E-state index >= 15 is 0 Å². The Hall–Kier alpha value is -2.40. The summed E-state index contributed by atoms with van der Waals surface area (Å²) in [6.45, 7) is 0. The summed E-state index contributed by atoms with van der Waals surface area (Å²) in [4.78, 5) is 1.51. The van der Waals surface area contributed by atoms with Crippen LogP contribution in [0.25, 0.3) is 22.6 Å². The first-order valence-corrected chi connectivity index (χ1v) is 9.90. The maximum absolute atomic E-state index is 11.5. The number of nitrogens with zero attached hydrogens (tertiary/aromatic N) is 3. The Morgan fingerprint density at radius 2 is 1.42 bits per heavy atom. The lowest BCUT2D eigenvalue weighted by Crippen LogP contribution is -2.01. The van der Waals surface area contributed by atoms with Crippen molar-refractivity contribution in [2.75, 3.05) is 0 Å². The molecule has 0 aliphatic carbocycles. The van der Waals surface area contributed by atoms with Crippen molar-refractivity contribution in [3.8, 4) is 0 Å². The molecule has 2 aromatic carbocycles. The monoisotopic (exact) mass is 415 g/mol. The van der Waals surface area contributed by atoms with Crippen molar-refractivity contribution in [1.29, 1.82) is 0 Å². The van der Waals surface area contributed by atoms with E-state index in [1.165, 1.54) is 36.4 Å². The lowest BCUT2D eigenvalue weighted by molar-refractivity contribution is 0.480. The standard InChI is InChI=1S/C14H10ClN3O6S2/c15-11-5-3-9(13(7-11)25(19,20)21)1-2-10-4-6-12(17-18-16)8-14(10)26(22,23)24/h1-8H,(H,19,20,21)(H,22,23,24). The van der Waals surface area contributed by atoms with Gasteiger partial charge in [-0.2, -0.15) is 16.8 Å². The van der Waals surface area contributed by atoms with Crippen LogP contribution in [0, 0.1) is 0 Å². The van der Waals surface area contributed by atoms with Crippen LogP contribution >= 0.6 is 11.6 Å². The van der Waals surface area contributed by atoms with Gasteiger partial charge >= 0.3 is 0 Å². The summed E-state index contributed by atoms with van der Waals surface area (Å²) in [6.07, 6.45) is 2.43. The Balaban J connectivity index is 2.61. The molecule has 0 aromatic heterocycles. The Morgan fingerprint density at radius 1 is 0.923 bits per heavy atom. The van der Waals surface area contributed by atoms with E-state index in [1.807, 2.05) is 0 Å². The average Bonchev–Trinajstić information content (AvgIpc) is 2.53. The van der Waals surface area contributed by atoms with Crippen molar-refractivity contribution in [3.05, 3.63) is 63.0 Å². The Morgan fingerprint density at radius 3 is 1.92 bits per heavy atom. The normalized spacial score (nSPS) is 12.1. The highest BCUT2D eigenvalue weighted by molar-refractivity contribution is 7.86. The Kier molecular flexibility index (Phi) is 5.71. The largest absolute Gasteiger partial charge is 0.295 e. The van der Waals surface area contributed by atoms with Crippen LogP contribution in [0.3, 0.4) is 0 Å². The molecule has 136 valence electrons. The molecule has 0 bridgehead atoms. The number of azide groups is 1. The van der Waals surface area contributed by atoms with Gasteiger partial charge in [0.2, 0.25) is 0 Å². The summed E-state index contributed by atoms with van der Waals surface area (Å²) in [5, 5.41) is 3.33. The minimum atomic E-state index is -4.65. The zero-order valence-electron chi connectivity index (χ0n) is 12.7. The molecule has 0 saturated carbocycles. The fraction of sp³-hybridized carbons (Fsp3) is 0. The number of hydrogen-bond donors (Lipinski definition) is 2. The summed E-state index contributed by atoms with van der Waals surface area (Å²) in [5.41, 5.74) is 8.41. The first-order chi connectivity index (χ1) is 12.0. The molecule has 0 atom stereocenters. The number of halogens is 1. The summed E-state index contributed by atoms with van der Waals surface area (Å²) < 4.78 is 64.5. The van der Waals surface area contributed by atoms with E-state index in [-0.39, 0.29) is 21.8 Å². The molecule has 0 aliphatic rings. The fourth-order valence-electron chi connectivity index (χ4n) is 2.05. The van der Waals surface area contributed by atoms with Crippen molar-refractivity contribution in [1.82, 2.24) is 0 Å². The van der Waals surface area contributed by atoms with E-state index in [0.717, 1.165) is 12.1 Å². The van der Waals surface area contributed by atoms with Crippen LogP contribution in [0.2, 0.25) is 5.02 Å². The topological polar surface area (TPSA) is 158 Å². The molecule has 2 aromatic rings. The third-order valence-corrected chi connectivity index (χ3v) is 5.19. The Labute approximate surface area is 153 Å². The molecule has 0 heterocycles. The highest BCUT2D eigenvalue weighted by Crippen LogP contribution is 2.26. The molecule has 0 radical (unpaired) electrons. The van der Waals surface area contributed by atoms with Gasteiger partial charge in [0.25, 0.3) is 20.2 Å². The quantitative estimate of drug-likeness (QED) is 0.247. The summed E-state index contributed by atoms with van der Waals surface area (Å²) in [6, 6.07) is 7.24. The van der Waals surface area contributed by atoms with Gasteiger partial charge in [0.1, 0.15) is 9.79 Å². The lowest BCUT2D eigenvalue weighted by atomic mass is 10.1. The molecule has 0 spiro atoms. The molecule has 0 saturated heterocycles. The number of rotatable bonds is 5. The van der Waals surface area contributed by atoms with E-state index in [1.54, 1.807) is 0 Å².